The maximum absolute atomic E-state index is 12.2. The monoisotopic (exact) mass is 533 g/mol. The average molecular weight is 534 g/mol. The number of rotatable bonds is 7. The number of carbonyl (C=O) groups is 1. The van der Waals surface area contributed by atoms with Gasteiger partial charge in [-0.2, -0.15) is 0 Å². The molecule has 1 aliphatic rings. The second kappa shape index (κ2) is 10.6. The van der Waals surface area contributed by atoms with E-state index in [0.717, 1.165) is 28.1 Å². The first-order valence-corrected chi connectivity index (χ1v) is 12.5. The van der Waals surface area contributed by atoms with Crippen LogP contribution in [0.3, 0.4) is 0 Å². The van der Waals surface area contributed by atoms with Crippen LogP contribution < -0.4 is 20.5 Å². The fraction of sp³-hybridized carbons (Fsp3) is 0.115. The number of H-pyrrole nitrogens is 2. The highest BCUT2D eigenvalue weighted by atomic mass is 32.1. The Bertz CT molecular complexity index is 1520. The number of anilines is 2. The smallest absolute Gasteiger partial charge is 0.241 e. The molecule has 0 bridgehead atoms. The third kappa shape index (κ3) is 5.30. The number of ether oxygens (including phenoxy) is 1. The Morgan fingerprint density at radius 3 is 2.61 bits per heavy atom. The molecule has 0 aliphatic carbocycles. The number of carbonyl (C=O) groups excluding carboxylic acids is 1. The molecular formula is C26H23N5O2S3. The molecule has 4 aromatic rings. The standard InChI is InChI=1S/C26H23N5O2S3/c32-22-14-21(16-6-2-1-3-7-16)31(30-22)19-10-5-11-20(13-19)33-15-27-18-9-4-8-17(12-18)23-24(34)28-26(36)29-25(23)35/h1-13,21,27H,14-15H2,(H,30,32)(H3,28,29,34,35,36). The first-order valence-electron chi connectivity index (χ1n) is 11.2. The number of aromatic nitrogens is 2. The van der Waals surface area contributed by atoms with Crippen LogP contribution >= 0.6 is 37.1 Å². The van der Waals surface area contributed by atoms with Gasteiger partial charge in [0, 0.05) is 17.3 Å². The highest BCUT2D eigenvalue weighted by Gasteiger charge is 2.31. The average Bonchev–Trinajstić information content (AvgIpc) is 3.26. The van der Waals surface area contributed by atoms with Crippen LogP contribution in [0.25, 0.3) is 11.1 Å². The van der Waals surface area contributed by atoms with Crippen LogP contribution in [0.5, 0.6) is 5.75 Å². The molecule has 4 N–H and O–H groups in total. The van der Waals surface area contributed by atoms with Gasteiger partial charge in [-0.1, -0.05) is 60.7 Å². The van der Waals surface area contributed by atoms with Crippen LogP contribution in [0.2, 0.25) is 0 Å². The van der Waals surface area contributed by atoms with E-state index < -0.39 is 0 Å². The van der Waals surface area contributed by atoms with Crippen molar-refractivity contribution in [2.24, 2.45) is 0 Å². The number of nitrogens with one attached hydrogen (secondary N) is 4. The fourth-order valence-corrected chi connectivity index (χ4v) is 5.26. The van der Waals surface area contributed by atoms with Gasteiger partial charge in [0.05, 0.1) is 23.2 Å². The molecule has 36 heavy (non-hydrogen) atoms. The molecule has 182 valence electrons. The molecule has 10 heteroatoms. The van der Waals surface area contributed by atoms with Crippen molar-refractivity contribution in [2.75, 3.05) is 17.1 Å². The van der Waals surface area contributed by atoms with Crippen LogP contribution in [0, 0.1) is 9.41 Å². The van der Waals surface area contributed by atoms with E-state index in [1.807, 2.05) is 83.9 Å². The summed E-state index contributed by atoms with van der Waals surface area (Å²) in [4.78, 5) is 18.1. The van der Waals surface area contributed by atoms with Gasteiger partial charge in [0.25, 0.3) is 0 Å². The van der Waals surface area contributed by atoms with Gasteiger partial charge < -0.3 is 20.0 Å². The topological polar surface area (TPSA) is 85.2 Å². The third-order valence-electron chi connectivity index (χ3n) is 5.80. The number of hydrazine groups is 1. The summed E-state index contributed by atoms with van der Waals surface area (Å²) in [5.74, 6) is 0.667. The van der Waals surface area contributed by atoms with Gasteiger partial charge in [-0.05, 0) is 47.6 Å². The van der Waals surface area contributed by atoms with Gasteiger partial charge in [0.2, 0.25) is 5.91 Å². The van der Waals surface area contributed by atoms with Gasteiger partial charge in [-0.3, -0.25) is 15.2 Å². The summed E-state index contributed by atoms with van der Waals surface area (Å²) < 4.78 is 6.93. The van der Waals surface area contributed by atoms with E-state index in [9.17, 15) is 4.79 Å². The zero-order valence-electron chi connectivity index (χ0n) is 19.0. The lowest BCUT2D eigenvalue weighted by atomic mass is 10.0. The van der Waals surface area contributed by atoms with Crippen molar-refractivity contribution >= 4 is 54.3 Å². The number of nitrogens with zero attached hydrogens (tertiary/aromatic N) is 1. The summed E-state index contributed by atoms with van der Waals surface area (Å²) in [6, 6.07) is 25.4. The molecule has 7 nitrogen and oxygen atoms in total. The summed E-state index contributed by atoms with van der Waals surface area (Å²) in [5.41, 5.74) is 7.43. The van der Waals surface area contributed by atoms with E-state index >= 15 is 0 Å². The van der Waals surface area contributed by atoms with Crippen molar-refractivity contribution in [1.29, 1.82) is 0 Å². The SMILES string of the molecule is O=C1CC(c2ccccc2)N(c2cccc(OCNc3cccc(-c4c(S)[nH]c(=S)[nH]c4=S)c3)c2)N1. The van der Waals surface area contributed by atoms with Gasteiger partial charge >= 0.3 is 0 Å². The normalized spacial score (nSPS) is 15.0. The Kier molecular flexibility index (Phi) is 7.08. The number of amides is 1. The third-order valence-corrected chi connectivity index (χ3v) is 6.65. The fourth-order valence-electron chi connectivity index (χ4n) is 4.16. The minimum absolute atomic E-state index is 0.0131. The molecule has 1 fully saturated rings. The van der Waals surface area contributed by atoms with Crippen molar-refractivity contribution < 1.29 is 9.53 Å². The molecule has 2 heterocycles. The number of hydrogen-bond acceptors (Lipinski definition) is 7. The molecule has 0 spiro atoms. The molecule has 1 atom stereocenters. The van der Waals surface area contributed by atoms with Crippen LogP contribution in [-0.4, -0.2) is 22.6 Å². The molecule has 1 unspecified atom stereocenters. The number of aromatic amines is 2. The molecule has 1 aromatic heterocycles. The largest absolute Gasteiger partial charge is 0.473 e. The summed E-state index contributed by atoms with van der Waals surface area (Å²) in [6.07, 6.45) is 0.400. The summed E-state index contributed by atoms with van der Waals surface area (Å²) in [5, 5.41) is 5.78. The van der Waals surface area contributed by atoms with Crippen molar-refractivity contribution in [1.82, 2.24) is 15.4 Å². The van der Waals surface area contributed by atoms with Crippen LogP contribution in [-0.2, 0) is 4.79 Å². The maximum Gasteiger partial charge on any atom is 0.241 e. The summed E-state index contributed by atoms with van der Waals surface area (Å²) in [6.45, 7) is 0.249. The lowest BCUT2D eigenvalue weighted by molar-refractivity contribution is -0.119. The number of hydrogen-bond donors (Lipinski definition) is 5. The second-order valence-corrected chi connectivity index (χ2v) is 9.47. The number of thiol groups is 1. The van der Waals surface area contributed by atoms with Crippen molar-refractivity contribution in [2.45, 2.75) is 17.5 Å². The Labute approximate surface area is 223 Å². The predicted octanol–water partition coefficient (Wildman–Crippen LogP) is 6.19. The van der Waals surface area contributed by atoms with Crippen LogP contribution in [0.15, 0.2) is 83.9 Å². The lowest BCUT2D eigenvalue weighted by Gasteiger charge is -2.26. The zero-order valence-corrected chi connectivity index (χ0v) is 21.6. The van der Waals surface area contributed by atoms with Gasteiger partial charge in [-0.15, -0.1) is 12.6 Å². The molecule has 1 saturated heterocycles. The van der Waals surface area contributed by atoms with Crippen LogP contribution in [0.1, 0.15) is 18.0 Å². The van der Waals surface area contributed by atoms with Gasteiger partial charge in [-0.25, -0.2) is 0 Å². The van der Waals surface area contributed by atoms with Crippen molar-refractivity contribution in [3.63, 3.8) is 0 Å². The van der Waals surface area contributed by atoms with Crippen molar-refractivity contribution in [3.8, 4) is 16.9 Å². The van der Waals surface area contributed by atoms with Crippen molar-refractivity contribution in [3.05, 3.63) is 93.8 Å². The molecule has 3 aromatic carbocycles. The zero-order chi connectivity index (χ0) is 25.1. The van der Waals surface area contributed by atoms with E-state index in [1.54, 1.807) is 0 Å². The Hall–Kier alpha value is -3.60. The van der Waals surface area contributed by atoms with E-state index in [-0.39, 0.29) is 18.7 Å². The first-order chi connectivity index (χ1) is 17.5. The highest BCUT2D eigenvalue weighted by Crippen LogP contribution is 2.34. The molecule has 5 rings (SSSR count). The lowest BCUT2D eigenvalue weighted by Crippen LogP contribution is -2.34. The Morgan fingerprint density at radius 2 is 1.81 bits per heavy atom. The summed E-state index contributed by atoms with van der Waals surface area (Å²) in [7, 11) is 0. The van der Waals surface area contributed by atoms with Gasteiger partial charge in [0.15, 0.2) is 11.5 Å². The van der Waals surface area contributed by atoms with E-state index in [2.05, 4.69) is 33.3 Å². The quantitative estimate of drug-likeness (QED) is 0.0843. The minimum Gasteiger partial charge on any atom is -0.473 e. The Balaban J connectivity index is 1.28. The van der Waals surface area contributed by atoms with E-state index in [0.29, 0.717) is 26.6 Å². The number of benzene rings is 3. The Morgan fingerprint density at radius 1 is 1.00 bits per heavy atom. The molecule has 1 aliphatic heterocycles. The first kappa shape index (κ1) is 24.1. The predicted molar refractivity (Wildman–Crippen MR) is 149 cm³/mol. The minimum atomic E-state index is -0.0787. The summed E-state index contributed by atoms with van der Waals surface area (Å²) >= 11 is 15.1. The molecule has 0 radical (unpaired) electrons. The highest BCUT2D eigenvalue weighted by molar-refractivity contribution is 7.80. The van der Waals surface area contributed by atoms with E-state index in [1.165, 1.54) is 0 Å². The second-order valence-electron chi connectivity index (χ2n) is 8.21. The van der Waals surface area contributed by atoms with Crippen LogP contribution in [0.4, 0.5) is 11.4 Å². The maximum atomic E-state index is 12.2. The van der Waals surface area contributed by atoms with E-state index in [4.69, 9.17) is 29.2 Å². The molecule has 0 saturated carbocycles. The molecular weight excluding hydrogens is 511 g/mol. The van der Waals surface area contributed by atoms with Gasteiger partial charge in [0.1, 0.15) is 10.4 Å². The molecule has 1 amide bonds.